The van der Waals surface area contributed by atoms with Crippen molar-refractivity contribution in [1.29, 1.82) is 0 Å². The van der Waals surface area contributed by atoms with Gasteiger partial charge in [0, 0.05) is 22.9 Å². The SMILES string of the molecule is CCCNCCCc1c(C)nc(C2CSCCO2)nc1C. The Morgan fingerprint density at radius 3 is 2.62 bits per heavy atom. The average Bonchev–Trinajstić information content (AvgIpc) is 2.50. The van der Waals surface area contributed by atoms with E-state index in [1.165, 1.54) is 12.0 Å². The first-order chi connectivity index (χ1) is 10.2. The number of nitrogens with one attached hydrogen (secondary N) is 1. The van der Waals surface area contributed by atoms with E-state index in [1.54, 1.807) is 0 Å². The Morgan fingerprint density at radius 1 is 1.24 bits per heavy atom. The summed E-state index contributed by atoms with van der Waals surface area (Å²) in [6, 6.07) is 0. The molecule has 1 unspecified atom stereocenters. The lowest BCUT2D eigenvalue weighted by molar-refractivity contribution is 0.0691. The van der Waals surface area contributed by atoms with Crippen LogP contribution in [0.2, 0.25) is 0 Å². The third-order valence-electron chi connectivity index (χ3n) is 3.75. The number of aromatic nitrogens is 2. The topological polar surface area (TPSA) is 47.0 Å². The molecule has 4 nitrogen and oxygen atoms in total. The van der Waals surface area contributed by atoms with Crippen LogP contribution in [-0.2, 0) is 11.2 Å². The Morgan fingerprint density at radius 2 is 2.00 bits per heavy atom. The summed E-state index contributed by atoms with van der Waals surface area (Å²) in [6.45, 7) is 9.37. The van der Waals surface area contributed by atoms with Gasteiger partial charge in [-0.05, 0) is 51.8 Å². The quantitative estimate of drug-likeness (QED) is 0.785. The highest BCUT2D eigenvalue weighted by molar-refractivity contribution is 7.99. The summed E-state index contributed by atoms with van der Waals surface area (Å²) >= 11 is 1.92. The fourth-order valence-electron chi connectivity index (χ4n) is 2.60. The first kappa shape index (κ1) is 16.7. The number of rotatable bonds is 7. The molecular weight excluding hydrogens is 282 g/mol. The monoisotopic (exact) mass is 309 g/mol. The molecule has 1 aliphatic rings. The Labute approximate surface area is 132 Å². The van der Waals surface area contributed by atoms with Crippen LogP contribution in [0.1, 0.15) is 48.6 Å². The lowest BCUT2D eigenvalue weighted by atomic mass is 10.1. The van der Waals surface area contributed by atoms with Gasteiger partial charge in [-0.1, -0.05) is 6.92 Å². The Balaban J connectivity index is 1.96. The minimum Gasteiger partial charge on any atom is -0.368 e. The smallest absolute Gasteiger partial charge is 0.158 e. The van der Waals surface area contributed by atoms with Crippen molar-refractivity contribution in [2.24, 2.45) is 0 Å². The van der Waals surface area contributed by atoms with Crippen LogP contribution in [-0.4, -0.2) is 41.2 Å². The molecule has 1 aromatic heterocycles. The second-order valence-corrected chi connectivity index (χ2v) is 6.67. The first-order valence-corrected chi connectivity index (χ1v) is 9.12. The molecule has 1 saturated heterocycles. The maximum absolute atomic E-state index is 5.78. The van der Waals surface area contributed by atoms with Crippen molar-refractivity contribution in [2.45, 2.75) is 46.1 Å². The van der Waals surface area contributed by atoms with Gasteiger partial charge in [0.1, 0.15) is 6.10 Å². The van der Waals surface area contributed by atoms with E-state index in [2.05, 4.69) is 26.1 Å². The van der Waals surface area contributed by atoms with Crippen LogP contribution < -0.4 is 5.32 Å². The molecule has 0 aromatic carbocycles. The molecule has 118 valence electrons. The molecule has 0 spiro atoms. The van der Waals surface area contributed by atoms with Crippen molar-refractivity contribution < 1.29 is 4.74 Å². The Bertz CT molecular complexity index is 424. The minimum absolute atomic E-state index is 0.0708. The second-order valence-electron chi connectivity index (χ2n) is 5.52. The van der Waals surface area contributed by atoms with Gasteiger partial charge in [-0.25, -0.2) is 9.97 Å². The van der Waals surface area contributed by atoms with Crippen LogP contribution in [0.15, 0.2) is 0 Å². The molecule has 0 bridgehead atoms. The van der Waals surface area contributed by atoms with Crippen molar-refractivity contribution in [3.8, 4) is 0 Å². The van der Waals surface area contributed by atoms with Crippen LogP contribution >= 0.6 is 11.8 Å². The summed E-state index contributed by atoms with van der Waals surface area (Å²) in [5.41, 5.74) is 3.54. The normalized spacial score (nSPS) is 18.9. The minimum atomic E-state index is 0.0708. The third kappa shape index (κ3) is 4.94. The number of hydrogen-bond donors (Lipinski definition) is 1. The summed E-state index contributed by atoms with van der Waals surface area (Å²) < 4.78 is 5.78. The number of nitrogens with zero attached hydrogens (tertiary/aromatic N) is 2. The standard InChI is InChI=1S/C16H27N3OS/c1-4-7-17-8-5-6-14-12(2)18-16(19-13(14)3)15-11-21-10-9-20-15/h15,17H,4-11H2,1-3H3. The molecule has 2 heterocycles. The summed E-state index contributed by atoms with van der Waals surface area (Å²) in [5, 5.41) is 3.44. The molecule has 0 amide bonds. The van der Waals surface area contributed by atoms with Gasteiger partial charge < -0.3 is 10.1 Å². The Hall–Kier alpha value is -0.650. The number of thioether (sulfide) groups is 1. The van der Waals surface area contributed by atoms with Gasteiger partial charge in [0.05, 0.1) is 6.61 Å². The summed E-state index contributed by atoms with van der Waals surface area (Å²) in [6.07, 6.45) is 3.45. The van der Waals surface area contributed by atoms with Gasteiger partial charge in [0.2, 0.25) is 0 Å². The van der Waals surface area contributed by atoms with E-state index in [0.29, 0.717) is 0 Å². The molecule has 1 atom stereocenters. The zero-order valence-corrected chi connectivity index (χ0v) is 14.3. The predicted octanol–water partition coefficient (Wildman–Crippen LogP) is 2.83. The van der Waals surface area contributed by atoms with Gasteiger partial charge >= 0.3 is 0 Å². The molecule has 2 rings (SSSR count). The zero-order chi connectivity index (χ0) is 15.1. The first-order valence-electron chi connectivity index (χ1n) is 7.96. The van der Waals surface area contributed by atoms with Crippen LogP contribution in [0.5, 0.6) is 0 Å². The Kier molecular flexibility index (Phi) is 6.93. The largest absolute Gasteiger partial charge is 0.368 e. The maximum Gasteiger partial charge on any atom is 0.158 e. The van der Waals surface area contributed by atoms with E-state index in [4.69, 9.17) is 14.7 Å². The van der Waals surface area contributed by atoms with E-state index >= 15 is 0 Å². The van der Waals surface area contributed by atoms with Crippen LogP contribution in [0.25, 0.3) is 0 Å². The third-order valence-corrected chi connectivity index (χ3v) is 4.74. The van der Waals surface area contributed by atoms with E-state index in [1.807, 2.05) is 11.8 Å². The van der Waals surface area contributed by atoms with Crippen molar-refractivity contribution in [3.05, 3.63) is 22.8 Å². The lowest BCUT2D eigenvalue weighted by Gasteiger charge is -2.22. The van der Waals surface area contributed by atoms with E-state index in [0.717, 1.165) is 61.3 Å². The fourth-order valence-corrected chi connectivity index (χ4v) is 3.44. The highest BCUT2D eigenvalue weighted by Gasteiger charge is 2.21. The van der Waals surface area contributed by atoms with Crippen molar-refractivity contribution in [2.75, 3.05) is 31.2 Å². The highest BCUT2D eigenvalue weighted by Crippen LogP contribution is 2.25. The molecule has 0 saturated carbocycles. The number of hydrogen-bond acceptors (Lipinski definition) is 5. The van der Waals surface area contributed by atoms with Gasteiger partial charge in [-0.2, -0.15) is 11.8 Å². The van der Waals surface area contributed by atoms with Gasteiger partial charge in [-0.15, -0.1) is 0 Å². The predicted molar refractivity (Wildman–Crippen MR) is 89.0 cm³/mol. The van der Waals surface area contributed by atoms with Crippen molar-refractivity contribution in [1.82, 2.24) is 15.3 Å². The fraction of sp³-hybridized carbons (Fsp3) is 0.750. The molecule has 1 aliphatic heterocycles. The molecule has 5 heteroatoms. The van der Waals surface area contributed by atoms with Gasteiger partial charge in [-0.3, -0.25) is 0 Å². The van der Waals surface area contributed by atoms with E-state index in [-0.39, 0.29) is 6.10 Å². The van der Waals surface area contributed by atoms with Crippen LogP contribution in [0.4, 0.5) is 0 Å². The molecular formula is C16H27N3OS. The summed E-state index contributed by atoms with van der Waals surface area (Å²) in [5.74, 6) is 2.92. The summed E-state index contributed by atoms with van der Waals surface area (Å²) in [4.78, 5) is 9.41. The summed E-state index contributed by atoms with van der Waals surface area (Å²) in [7, 11) is 0. The zero-order valence-electron chi connectivity index (χ0n) is 13.4. The van der Waals surface area contributed by atoms with Crippen LogP contribution in [0.3, 0.4) is 0 Å². The van der Waals surface area contributed by atoms with Crippen molar-refractivity contribution in [3.63, 3.8) is 0 Å². The van der Waals surface area contributed by atoms with E-state index < -0.39 is 0 Å². The number of aryl methyl sites for hydroxylation is 2. The molecule has 0 aliphatic carbocycles. The van der Waals surface area contributed by atoms with Crippen molar-refractivity contribution >= 4 is 11.8 Å². The molecule has 0 radical (unpaired) electrons. The number of ether oxygens (including phenoxy) is 1. The molecule has 1 N–H and O–H groups in total. The van der Waals surface area contributed by atoms with Gasteiger partial charge in [0.15, 0.2) is 5.82 Å². The lowest BCUT2D eigenvalue weighted by Crippen LogP contribution is -2.20. The van der Waals surface area contributed by atoms with Crippen LogP contribution in [0, 0.1) is 13.8 Å². The molecule has 21 heavy (non-hydrogen) atoms. The highest BCUT2D eigenvalue weighted by atomic mass is 32.2. The maximum atomic E-state index is 5.78. The molecule has 1 aromatic rings. The average molecular weight is 309 g/mol. The van der Waals surface area contributed by atoms with Gasteiger partial charge in [0.25, 0.3) is 0 Å². The molecule has 1 fully saturated rings. The van der Waals surface area contributed by atoms with E-state index in [9.17, 15) is 0 Å². The second kappa shape index (κ2) is 8.71.